The van der Waals surface area contributed by atoms with Gasteiger partial charge in [-0.25, -0.2) is 4.98 Å². The van der Waals surface area contributed by atoms with Crippen molar-refractivity contribution in [1.82, 2.24) is 10.3 Å². The molecule has 34 heavy (non-hydrogen) atoms. The zero-order valence-corrected chi connectivity index (χ0v) is 19.3. The maximum atomic E-state index is 12.6. The Morgan fingerprint density at radius 3 is 1.79 bits per heavy atom. The van der Waals surface area contributed by atoms with Crippen molar-refractivity contribution >= 4 is 28.3 Å². The molecule has 172 valence electrons. The second kappa shape index (κ2) is 10.9. The quantitative estimate of drug-likeness (QED) is 0.292. The maximum Gasteiger partial charge on any atom is 0.309 e. The Hall–Kier alpha value is -3.81. The molecule has 0 atom stereocenters. The Bertz CT molecular complexity index is 1130. The van der Waals surface area contributed by atoms with Crippen LogP contribution in [0.1, 0.15) is 28.8 Å². The third-order valence-corrected chi connectivity index (χ3v) is 6.30. The van der Waals surface area contributed by atoms with Crippen molar-refractivity contribution in [2.24, 2.45) is 0 Å². The number of thiazole rings is 1. The van der Waals surface area contributed by atoms with Gasteiger partial charge in [0.05, 0.1) is 17.7 Å². The first-order valence-electron chi connectivity index (χ1n) is 11.0. The Labute approximate surface area is 202 Å². The number of amides is 1. The number of aliphatic carboxylic acids is 1. The van der Waals surface area contributed by atoms with Crippen LogP contribution in [0, 0.1) is 0 Å². The van der Waals surface area contributed by atoms with E-state index in [1.165, 1.54) is 11.3 Å². The van der Waals surface area contributed by atoms with E-state index in [9.17, 15) is 9.59 Å². The van der Waals surface area contributed by atoms with Crippen LogP contribution in [0.5, 0.6) is 0 Å². The average molecular weight is 472 g/mol. The monoisotopic (exact) mass is 471 g/mol. The van der Waals surface area contributed by atoms with Crippen LogP contribution in [0.4, 0.5) is 5.13 Å². The molecule has 0 unspecified atom stereocenters. The minimum absolute atomic E-state index is 0.165. The van der Waals surface area contributed by atoms with E-state index in [1.807, 2.05) is 54.6 Å². The minimum atomic E-state index is -0.952. The van der Waals surface area contributed by atoms with E-state index in [-0.39, 0.29) is 18.7 Å². The predicted octanol–water partition coefficient (Wildman–Crippen LogP) is 4.68. The molecule has 0 radical (unpaired) electrons. The van der Waals surface area contributed by atoms with Gasteiger partial charge in [0.15, 0.2) is 5.13 Å². The zero-order valence-electron chi connectivity index (χ0n) is 18.5. The highest BCUT2D eigenvalue weighted by atomic mass is 32.1. The largest absolute Gasteiger partial charge is 0.481 e. The van der Waals surface area contributed by atoms with Gasteiger partial charge < -0.3 is 10.4 Å². The molecule has 6 nitrogen and oxygen atoms in total. The maximum absolute atomic E-state index is 12.6. The number of carboxylic acids is 1. The van der Waals surface area contributed by atoms with Crippen molar-refractivity contribution in [2.45, 2.75) is 18.4 Å². The molecule has 0 aliphatic rings. The first kappa shape index (κ1) is 23.4. The third-order valence-electron chi connectivity index (χ3n) is 5.49. The molecule has 0 saturated heterocycles. The number of benzene rings is 3. The molecule has 3 aromatic carbocycles. The molecule has 1 heterocycles. The predicted molar refractivity (Wildman–Crippen MR) is 134 cm³/mol. The van der Waals surface area contributed by atoms with Crippen molar-refractivity contribution in [1.29, 1.82) is 0 Å². The number of carbonyl (C=O) groups excluding carboxylic acids is 1. The summed E-state index contributed by atoms with van der Waals surface area (Å²) in [6, 6.07) is 30.6. The molecule has 0 fully saturated rings. The van der Waals surface area contributed by atoms with Crippen molar-refractivity contribution in [3.05, 3.63) is 119 Å². The number of rotatable bonds is 10. The highest BCUT2D eigenvalue weighted by Gasteiger charge is 2.35. The SMILES string of the molecule is O=C(O)Cc1csc(NC(=O)CCNC(c2ccccc2)(c2ccccc2)c2ccccc2)n1. The molecular weight excluding hydrogens is 446 g/mol. The molecule has 1 aromatic heterocycles. The highest BCUT2D eigenvalue weighted by molar-refractivity contribution is 7.13. The summed E-state index contributed by atoms with van der Waals surface area (Å²) in [7, 11) is 0. The van der Waals surface area contributed by atoms with Gasteiger partial charge in [-0.15, -0.1) is 11.3 Å². The molecule has 0 bridgehead atoms. The summed E-state index contributed by atoms with van der Waals surface area (Å²) in [5.74, 6) is -1.14. The van der Waals surface area contributed by atoms with Crippen LogP contribution in [0.25, 0.3) is 0 Å². The van der Waals surface area contributed by atoms with E-state index in [0.717, 1.165) is 16.7 Å². The van der Waals surface area contributed by atoms with Gasteiger partial charge in [0.2, 0.25) is 5.91 Å². The van der Waals surface area contributed by atoms with E-state index in [4.69, 9.17) is 5.11 Å². The Kier molecular flexibility index (Phi) is 7.47. The standard InChI is InChI=1S/C27H25N3O3S/c31-24(30-26-29-23(19-34-26)18-25(32)33)16-17-28-27(20-10-4-1-5-11-20,21-12-6-2-7-13-21)22-14-8-3-9-15-22/h1-15,19,28H,16-18H2,(H,32,33)(H,29,30,31). The lowest BCUT2D eigenvalue weighted by Crippen LogP contribution is -2.45. The van der Waals surface area contributed by atoms with Crippen LogP contribution in [0.15, 0.2) is 96.4 Å². The molecule has 4 aromatic rings. The van der Waals surface area contributed by atoms with Gasteiger partial charge in [0.1, 0.15) is 0 Å². The summed E-state index contributed by atoms with van der Waals surface area (Å²) in [5.41, 5.74) is 3.02. The van der Waals surface area contributed by atoms with Crippen LogP contribution in [-0.2, 0) is 21.5 Å². The van der Waals surface area contributed by atoms with E-state index < -0.39 is 11.5 Å². The van der Waals surface area contributed by atoms with Crippen LogP contribution in [-0.4, -0.2) is 28.5 Å². The molecule has 0 aliphatic carbocycles. The first-order valence-corrected chi connectivity index (χ1v) is 11.8. The molecule has 4 rings (SSSR count). The fourth-order valence-electron chi connectivity index (χ4n) is 4.02. The Balaban J connectivity index is 1.56. The topological polar surface area (TPSA) is 91.3 Å². The van der Waals surface area contributed by atoms with Gasteiger partial charge in [-0.05, 0) is 16.7 Å². The van der Waals surface area contributed by atoms with Gasteiger partial charge in [0.25, 0.3) is 0 Å². The lowest BCUT2D eigenvalue weighted by atomic mass is 9.77. The molecule has 1 amide bonds. The van der Waals surface area contributed by atoms with Crippen LogP contribution in [0.3, 0.4) is 0 Å². The zero-order chi connectivity index (χ0) is 23.8. The van der Waals surface area contributed by atoms with Crippen molar-refractivity contribution < 1.29 is 14.7 Å². The second-order valence-corrected chi connectivity index (χ2v) is 8.65. The Morgan fingerprint density at radius 2 is 1.32 bits per heavy atom. The van der Waals surface area contributed by atoms with E-state index >= 15 is 0 Å². The van der Waals surface area contributed by atoms with E-state index in [0.29, 0.717) is 17.4 Å². The third kappa shape index (κ3) is 5.39. The van der Waals surface area contributed by atoms with Crippen molar-refractivity contribution in [3.8, 4) is 0 Å². The van der Waals surface area contributed by atoms with Crippen LogP contribution in [0.2, 0.25) is 0 Å². The van der Waals surface area contributed by atoms with Crippen LogP contribution >= 0.6 is 11.3 Å². The minimum Gasteiger partial charge on any atom is -0.481 e. The molecule has 3 N–H and O–H groups in total. The van der Waals surface area contributed by atoms with Crippen molar-refractivity contribution in [3.63, 3.8) is 0 Å². The van der Waals surface area contributed by atoms with Gasteiger partial charge >= 0.3 is 5.97 Å². The fraction of sp³-hybridized carbons (Fsp3) is 0.148. The van der Waals surface area contributed by atoms with Gasteiger partial charge in [-0.1, -0.05) is 91.0 Å². The van der Waals surface area contributed by atoms with Crippen molar-refractivity contribution in [2.75, 3.05) is 11.9 Å². The van der Waals surface area contributed by atoms with Gasteiger partial charge in [-0.3, -0.25) is 14.9 Å². The van der Waals surface area contributed by atoms with Gasteiger partial charge in [-0.2, -0.15) is 0 Å². The van der Waals surface area contributed by atoms with Gasteiger partial charge in [0, 0.05) is 18.3 Å². The molecule has 0 saturated carbocycles. The number of anilines is 1. The summed E-state index contributed by atoms with van der Waals surface area (Å²) in [6.07, 6.45) is 0.0593. The highest BCUT2D eigenvalue weighted by Crippen LogP contribution is 2.36. The summed E-state index contributed by atoms with van der Waals surface area (Å²) < 4.78 is 0. The lowest BCUT2D eigenvalue weighted by Gasteiger charge is -2.37. The Morgan fingerprint density at radius 1 is 0.824 bits per heavy atom. The number of hydrogen-bond acceptors (Lipinski definition) is 5. The average Bonchev–Trinajstić information content (AvgIpc) is 3.29. The number of nitrogens with one attached hydrogen (secondary N) is 2. The molecular formula is C27H25N3O3S. The normalized spacial score (nSPS) is 11.2. The number of carboxylic acid groups (broad SMARTS) is 1. The molecule has 0 aliphatic heterocycles. The first-order chi connectivity index (χ1) is 16.6. The number of hydrogen-bond donors (Lipinski definition) is 3. The molecule has 0 spiro atoms. The van der Waals surface area contributed by atoms with E-state index in [1.54, 1.807) is 5.38 Å². The number of aromatic nitrogens is 1. The lowest BCUT2D eigenvalue weighted by molar-refractivity contribution is -0.136. The smallest absolute Gasteiger partial charge is 0.309 e. The summed E-state index contributed by atoms with van der Waals surface area (Å²) >= 11 is 1.22. The fourth-order valence-corrected chi connectivity index (χ4v) is 4.74. The summed E-state index contributed by atoms with van der Waals surface area (Å²) in [6.45, 7) is 0.415. The molecule has 7 heteroatoms. The summed E-state index contributed by atoms with van der Waals surface area (Å²) in [5, 5.41) is 17.4. The van der Waals surface area contributed by atoms with Crippen LogP contribution < -0.4 is 10.6 Å². The van der Waals surface area contributed by atoms with E-state index in [2.05, 4.69) is 52.0 Å². The number of nitrogens with zero attached hydrogens (tertiary/aromatic N) is 1. The second-order valence-electron chi connectivity index (χ2n) is 7.79. The number of carbonyl (C=O) groups is 2. The summed E-state index contributed by atoms with van der Waals surface area (Å²) in [4.78, 5) is 27.7.